The number of aliphatic hydroxyl groups excluding tert-OH is 2. The van der Waals surface area contributed by atoms with Crippen molar-refractivity contribution in [2.45, 2.75) is 0 Å². The molecule has 0 aliphatic rings. The van der Waals surface area contributed by atoms with Crippen LogP contribution in [0, 0.1) is 15.2 Å². The number of aliphatic imine (C=N–C) groups is 1. The average Bonchev–Trinajstić information content (AvgIpc) is 2.37. The van der Waals surface area contributed by atoms with E-state index in [-0.39, 0.29) is 13.2 Å². The van der Waals surface area contributed by atoms with Crippen molar-refractivity contribution in [1.82, 2.24) is 0 Å². The number of hydrogen-bond acceptors (Lipinski definition) is 4. The van der Waals surface area contributed by atoms with E-state index in [4.69, 9.17) is 10.2 Å². The maximum Gasteiger partial charge on any atom is 0.341 e. The second-order valence-corrected chi connectivity index (χ2v) is 4.82. The summed E-state index contributed by atoms with van der Waals surface area (Å²) in [4.78, 5) is 14.5. The van der Waals surface area contributed by atoms with Crippen LogP contribution in [0.4, 0.5) is 8.78 Å². The van der Waals surface area contributed by atoms with E-state index in [9.17, 15) is 18.7 Å². The Kier molecular flexibility index (Phi) is 6.02. The van der Waals surface area contributed by atoms with Gasteiger partial charge in [0.05, 0.1) is 18.7 Å². The summed E-state index contributed by atoms with van der Waals surface area (Å²) in [5, 5.41) is 27.3. The van der Waals surface area contributed by atoms with Crippen molar-refractivity contribution >= 4 is 40.5 Å². The molecule has 8 heteroatoms. The van der Waals surface area contributed by atoms with Gasteiger partial charge < -0.3 is 15.3 Å². The molecule has 0 spiro atoms. The minimum Gasteiger partial charge on any atom is -0.506 e. The molecule has 0 atom stereocenters. The smallest absolute Gasteiger partial charge is 0.341 e. The van der Waals surface area contributed by atoms with Crippen LogP contribution in [0.25, 0.3) is 5.76 Å². The topological polar surface area (TPSA) is 90.1 Å². The highest BCUT2D eigenvalue weighted by atomic mass is 127. The first-order chi connectivity index (χ1) is 9.38. The third kappa shape index (κ3) is 3.97. The van der Waals surface area contributed by atoms with E-state index in [1.807, 2.05) is 0 Å². The molecule has 0 aromatic heterocycles. The van der Waals surface area contributed by atoms with Crippen LogP contribution >= 0.6 is 22.6 Å². The van der Waals surface area contributed by atoms with Gasteiger partial charge in [0.2, 0.25) is 0 Å². The van der Waals surface area contributed by atoms with Crippen molar-refractivity contribution in [2.75, 3.05) is 13.2 Å². The molecule has 1 aromatic carbocycles. The number of aliphatic carboxylic acids is 1. The van der Waals surface area contributed by atoms with Gasteiger partial charge in [-0.1, -0.05) is 0 Å². The summed E-state index contributed by atoms with van der Waals surface area (Å²) < 4.78 is 27.1. The molecule has 0 aliphatic carbocycles. The molecule has 0 fully saturated rings. The fourth-order valence-corrected chi connectivity index (χ4v) is 1.89. The summed E-state index contributed by atoms with van der Waals surface area (Å²) in [5.74, 6) is -5.04. The molecule has 1 rings (SSSR count). The number of hydrogen-bond donors (Lipinski definition) is 3. The Bertz CT molecular complexity index is 587. The molecular weight excluding hydrogens is 387 g/mol. The molecule has 0 heterocycles. The molecule has 108 valence electrons. The first kappa shape index (κ1) is 16.5. The van der Waals surface area contributed by atoms with Gasteiger partial charge >= 0.3 is 5.97 Å². The third-order valence-corrected chi connectivity index (χ3v) is 2.81. The van der Waals surface area contributed by atoms with Crippen molar-refractivity contribution in [1.29, 1.82) is 0 Å². The number of carboxylic acid groups (broad SMARTS) is 1. The first-order valence-corrected chi connectivity index (χ1v) is 6.38. The Labute approximate surface area is 126 Å². The lowest BCUT2D eigenvalue weighted by Crippen LogP contribution is -2.08. The van der Waals surface area contributed by atoms with Crippen molar-refractivity contribution in [3.63, 3.8) is 0 Å². The molecule has 0 saturated heterocycles. The number of carbonyl (C=O) groups is 1. The Morgan fingerprint density at radius 2 is 2.00 bits per heavy atom. The van der Waals surface area contributed by atoms with Gasteiger partial charge in [0, 0.05) is 9.78 Å². The number of aliphatic hydroxyl groups is 2. The zero-order valence-corrected chi connectivity index (χ0v) is 12.1. The van der Waals surface area contributed by atoms with Crippen molar-refractivity contribution in [2.24, 2.45) is 4.99 Å². The monoisotopic (exact) mass is 397 g/mol. The maximum atomic E-state index is 13.6. The predicted octanol–water partition coefficient (Wildman–Crippen LogP) is 1.99. The highest BCUT2D eigenvalue weighted by molar-refractivity contribution is 14.1. The van der Waals surface area contributed by atoms with Crippen LogP contribution in [0.2, 0.25) is 0 Å². The Balaban J connectivity index is 3.39. The fourth-order valence-electron chi connectivity index (χ4n) is 1.30. The van der Waals surface area contributed by atoms with Crippen LogP contribution in [0.1, 0.15) is 5.56 Å². The molecular formula is C12H10F2INO4. The van der Waals surface area contributed by atoms with Gasteiger partial charge in [-0.05, 0) is 34.7 Å². The van der Waals surface area contributed by atoms with Crippen molar-refractivity contribution in [3.8, 4) is 0 Å². The van der Waals surface area contributed by atoms with Crippen LogP contribution in [0.15, 0.2) is 22.7 Å². The Morgan fingerprint density at radius 3 is 2.55 bits per heavy atom. The van der Waals surface area contributed by atoms with E-state index in [1.54, 1.807) is 22.6 Å². The lowest BCUT2D eigenvalue weighted by Gasteiger charge is -2.06. The molecule has 0 radical (unpaired) electrons. The number of halogens is 3. The number of carboxylic acids is 1. The van der Waals surface area contributed by atoms with Crippen LogP contribution in [0.3, 0.4) is 0 Å². The summed E-state index contributed by atoms with van der Waals surface area (Å²) in [7, 11) is 0. The lowest BCUT2D eigenvalue weighted by atomic mass is 10.1. The molecule has 0 amide bonds. The second kappa shape index (κ2) is 7.29. The molecule has 1 aromatic rings. The minimum atomic E-state index is -1.55. The number of nitrogens with zero attached hydrogens (tertiary/aromatic N) is 1. The Morgan fingerprint density at radius 1 is 1.35 bits per heavy atom. The van der Waals surface area contributed by atoms with E-state index in [0.29, 0.717) is 3.57 Å². The molecule has 0 bridgehead atoms. The SMILES string of the molecule is O=C(O)/C(C=NCCO)=C(/O)c1cc(I)cc(F)c1F. The second-order valence-electron chi connectivity index (χ2n) is 3.58. The van der Waals surface area contributed by atoms with Crippen LogP contribution < -0.4 is 0 Å². The standard InChI is InChI=1S/C12H10F2INO4/c13-9-4-6(15)3-7(10(9)14)11(18)8(12(19)20)5-16-1-2-17/h3-5,17-18H,1-2H2,(H,19,20)/b11-8+,16-5?. The first-order valence-electron chi connectivity index (χ1n) is 5.30. The average molecular weight is 397 g/mol. The number of benzene rings is 1. The summed E-state index contributed by atoms with van der Waals surface area (Å²) in [6, 6.07) is 2.02. The van der Waals surface area contributed by atoms with E-state index < -0.39 is 34.5 Å². The van der Waals surface area contributed by atoms with E-state index in [1.165, 1.54) is 0 Å². The highest BCUT2D eigenvalue weighted by Crippen LogP contribution is 2.23. The molecule has 0 aliphatic heterocycles. The molecule has 3 N–H and O–H groups in total. The van der Waals surface area contributed by atoms with Gasteiger partial charge in [-0.3, -0.25) is 4.99 Å². The highest BCUT2D eigenvalue weighted by Gasteiger charge is 2.19. The zero-order valence-electron chi connectivity index (χ0n) is 9.98. The van der Waals surface area contributed by atoms with Crippen molar-refractivity contribution < 1.29 is 28.9 Å². The van der Waals surface area contributed by atoms with Gasteiger partial charge in [-0.2, -0.15) is 0 Å². The quantitative estimate of drug-likeness (QED) is 0.233. The lowest BCUT2D eigenvalue weighted by molar-refractivity contribution is -0.132. The third-order valence-electron chi connectivity index (χ3n) is 2.18. The van der Waals surface area contributed by atoms with Gasteiger partial charge in [0.1, 0.15) is 11.3 Å². The Hall–Kier alpha value is -1.55. The zero-order chi connectivity index (χ0) is 15.3. The molecule has 5 nitrogen and oxygen atoms in total. The normalized spacial score (nSPS) is 12.6. The largest absolute Gasteiger partial charge is 0.506 e. The maximum absolute atomic E-state index is 13.6. The summed E-state index contributed by atoms with van der Waals surface area (Å²) >= 11 is 1.70. The molecule has 0 unspecified atom stereocenters. The van der Waals surface area contributed by atoms with Crippen LogP contribution in [-0.2, 0) is 4.79 Å². The van der Waals surface area contributed by atoms with Gasteiger partial charge in [0.25, 0.3) is 0 Å². The summed E-state index contributed by atoms with van der Waals surface area (Å²) in [5.41, 5.74) is -1.26. The minimum absolute atomic E-state index is 0.0762. The van der Waals surface area contributed by atoms with E-state index in [0.717, 1.165) is 18.3 Å². The van der Waals surface area contributed by atoms with Crippen molar-refractivity contribution in [3.05, 3.63) is 38.5 Å². The summed E-state index contributed by atoms with van der Waals surface area (Å²) in [6.07, 6.45) is 0.783. The van der Waals surface area contributed by atoms with E-state index >= 15 is 0 Å². The fraction of sp³-hybridized carbons (Fsp3) is 0.167. The molecule has 0 saturated carbocycles. The van der Waals surface area contributed by atoms with Gasteiger partial charge in [0.15, 0.2) is 11.6 Å². The van der Waals surface area contributed by atoms with E-state index in [2.05, 4.69) is 4.99 Å². The predicted molar refractivity (Wildman–Crippen MR) is 76.7 cm³/mol. The molecule has 20 heavy (non-hydrogen) atoms. The van der Waals surface area contributed by atoms with Crippen LogP contribution in [0.5, 0.6) is 0 Å². The summed E-state index contributed by atoms with van der Waals surface area (Å²) in [6.45, 7) is -0.385. The van der Waals surface area contributed by atoms with Gasteiger partial charge in [-0.25, -0.2) is 13.6 Å². The van der Waals surface area contributed by atoms with Crippen LogP contribution in [-0.4, -0.2) is 40.7 Å². The van der Waals surface area contributed by atoms with Gasteiger partial charge in [-0.15, -0.1) is 0 Å². The number of rotatable bonds is 5.